The Balaban J connectivity index is 1.66. The average Bonchev–Trinajstić information content (AvgIpc) is 2.64. The van der Waals surface area contributed by atoms with E-state index in [0.29, 0.717) is 16.2 Å². The number of ether oxygens (including phenoxy) is 1. The molecule has 0 saturated heterocycles. The van der Waals surface area contributed by atoms with Gasteiger partial charge in [-0.1, -0.05) is 11.6 Å². The van der Waals surface area contributed by atoms with Gasteiger partial charge in [-0.25, -0.2) is 17.9 Å². The van der Waals surface area contributed by atoms with E-state index in [-0.39, 0.29) is 23.6 Å². The zero-order valence-corrected chi connectivity index (χ0v) is 17.3. The molecule has 0 bridgehead atoms. The first kappa shape index (κ1) is 21.0. The Morgan fingerprint density at radius 3 is 2.52 bits per heavy atom. The van der Waals surface area contributed by atoms with Crippen molar-refractivity contribution < 1.29 is 22.4 Å². The van der Waals surface area contributed by atoms with Crippen molar-refractivity contribution in [1.29, 1.82) is 0 Å². The molecule has 7 nitrogen and oxygen atoms in total. The number of fused-ring (bicyclic) bond motifs is 1. The van der Waals surface area contributed by atoms with Crippen molar-refractivity contribution in [3.63, 3.8) is 0 Å². The van der Waals surface area contributed by atoms with Gasteiger partial charge in [-0.2, -0.15) is 0 Å². The molecule has 3 rings (SSSR count). The average molecular weight is 436 g/mol. The highest BCUT2D eigenvalue weighted by Crippen LogP contribution is 2.28. The molecule has 1 heterocycles. The number of sulfonamides is 1. The Morgan fingerprint density at radius 1 is 1.14 bits per heavy atom. The number of nitrogens with one attached hydrogen (secondary N) is 1. The highest BCUT2D eigenvalue weighted by molar-refractivity contribution is 7.89. The van der Waals surface area contributed by atoms with Crippen LogP contribution in [-0.2, 0) is 14.8 Å². The Kier molecular flexibility index (Phi) is 6.07. The molecular weight excluding hydrogens is 418 g/mol. The summed E-state index contributed by atoms with van der Waals surface area (Å²) in [5, 5.41) is 1.17. The lowest BCUT2D eigenvalue weighted by Gasteiger charge is -2.10. The second-order valence-electron chi connectivity index (χ2n) is 6.39. The number of benzene rings is 2. The van der Waals surface area contributed by atoms with Crippen LogP contribution >= 0.6 is 11.6 Å². The molecule has 0 aliphatic rings. The van der Waals surface area contributed by atoms with Crippen LogP contribution in [0.3, 0.4) is 0 Å². The number of rotatable bonds is 6. The van der Waals surface area contributed by atoms with Crippen LogP contribution in [-0.4, -0.2) is 20.9 Å². The first-order valence-corrected chi connectivity index (χ1v) is 10.5. The minimum atomic E-state index is -3.76. The third-order valence-corrected chi connectivity index (χ3v) is 6.02. The fourth-order valence-electron chi connectivity index (χ4n) is 2.77. The predicted molar refractivity (Wildman–Crippen MR) is 109 cm³/mol. The second kappa shape index (κ2) is 8.36. The number of carbonyl (C=O) groups is 1. The predicted octanol–water partition coefficient (Wildman–Crippen LogP) is 3.34. The molecule has 3 aromatic rings. The maximum absolute atomic E-state index is 12.2. The van der Waals surface area contributed by atoms with Gasteiger partial charge in [0.25, 0.3) is 0 Å². The van der Waals surface area contributed by atoms with Crippen molar-refractivity contribution in [3.8, 4) is 5.75 Å². The third kappa shape index (κ3) is 4.84. The summed E-state index contributed by atoms with van der Waals surface area (Å²) in [5.41, 5.74) is 1.13. The largest absolute Gasteiger partial charge is 0.426 e. The number of hydrogen-bond acceptors (Lipinski definition) is 6. The summed E-state index contributed by atoms with van der Waals surface area (Å²) in [5.74, 6) is -0.377. The smallest absolute Gasteiger partial charge is 0.336 e. The van der Waals surface area contributed by atoms with Crippen LogP contribution in [0.2, 0.25) is 5.02 Å². The zero-order valence-electron chi connectivity index (χ0n) is 15.7. The standard InChI is InChI=1S/C20H18ClNO6S/c1-12-11-19(24)28-20-13(2)17(8-7-16(12)20)27-18(23)9-10-22-29(25,26)15-5-3-14(21)4-6-15/h3-8,11,22H,9-10H2,1-2H3. The van der Waals surface area contributed by atoms with Crippen molar-refractivity contribution >= 4 is 38.6 Å². The lowest BCUT2D eigenvalue weighted by molar-refractivity contribution is -0.134. The highest BCUT2D eigenvalue weighted by Gasteiger charge is 2.16. The first-order valence-electron chi connectivity index (χ1n) is 8.67. The molecule has 29 heavy (non-hydrogen) atoms. The Bertz CT molecular complexity index is 1230. The molecule has 0 radical (unpaired) electrons. The van der Waals surface area contributed by atoms with Gasteiger partial charge >= 0.3 is 11.6 Å². The molecule has 0 atom stereocenters. The van der Waals surface area contributed by atoms with E-state index in [1.807, 2.05) is 0 Å². The molecule has 0 amide bonds. The summed E-state index contributed by atoms with van der Waals surface area (Å²) in [6, 6.07) is 10.4. The van der Waals surface area contributed by atoms with Gasteiger partial charge < -0.3 is 9.15 Å². The van der Waals surface area contributed by atoms with Crippen LogP contribution in [0.25, 0.3) is 11.0 Å². The SMILES string of the molecule is Cc1cc(=O)oc2c(C)c(OC(=O)CCNS(=O)(=O)c3ccc(Cl)cc3)ccc12. The summed E-state index contributed by atoms with van der Waals surface area (Å²) in [6.45, 7) is 3.33. The zero-order chi connectivity index (χ0) is 21.2. The summed E-state index contributed by atoms with van der Waals surface area (Å²) in [7, 11) is -3.76. The minimum Gasteiger partial charge on any atom is -0.426 e. The highest BCUT2D eigenvalue weighted by atomic mass is 35.5. The fraction of sp³-hybridized carbons (Fsp3) is 0.200. The van der Waals surface area contributed by atoms with Crippen molar-refractivity contribution in [2.24, 2.45) is 0 Å². The van der Waals surface area contributed by atoms with Crippen LogP contribution in [0.1, 0.15) is 17.5 Å². The van der Waals surface area contributed by atoms with Gasteiger partial charge in [0, 0.05) is 28.6 Å². The fourth-order valence-corrected chi connectivity index (χ4v) is 3.93. The van der Waals surface area contributed by atoms with E-state index in [1.54, 1.807) is 26.0 Å². The van der Waals surface area contributed by atoms with E-state index >= 15 is 0 Å². The van der Waals surface area contributed by atoms with Gasteiger partial charge in [0.05, 0.1) is 11.3 Å². The lowest BCUT2D eigenvalue weighted by atomic mass is 10.1. The molecule has 0 spiro atoms. The van der Waals surface area contributed by atoms with Crippen molar-refractivity contribution in [2.75, 3.05) is 6.54 Å². The molecule has 152 valence electrons. The Morgan fingerprint density at radius 2 is 1.83 bits per heavy atom. The molecule has 9 heteroatoms. The molecule has 1 aromatic heterocycles. The Labute approximate surface area is 172 Å². The Hall–Kier alpha value is -2.68. The van der Waals surface area contributed by atoms with Gasteiger partial charge in [-0.05, 0) is 55.8 Å². The summed E-state index contributed by atoms with van der Waals surface area (Å²) >= 11 is 5.75. The van der Waals surface area contributed by atoms with Crippen molar-refractivity contribution in [1.82, 2.24) is 4.72 Å². The number of hydrogen-bond donors (Lipinski definition) is 1. The van der Waals surface area contributed by atoms with Gasteiger partial charge in [0.2, 0.25) is 10.0 Å². The molecule has 0 saturated carbocycles. The maximum Gasteiger partial charge on any atom is 0.336 e. The van der Waals surface area contributed by atoms with Gasteiger partial charge in [-0.3, -0.25) is 4.79 Å². The summed E-state index contributed by atoms with van der Waals surface area (Å²) < 4.78 is 37.3. The van der Waals surface area contributed by atoms with Gasteiger partial charge in [0.15, 0.2) is 0 Å². The van der Waals surface area contributed by atoms with Crippen molar-refractivity contribution in [2.45, 2.75) is 25.2 Å². The van der Waals surface area contributed by atoms with Crippen LogP contribution in [0, 0.1) is 13.8 Å². The molecule has 2 aromatic carbocycles. The topological polar surface area (TPSA) is 103 Å². The van der Waals surface area contributed by atoms with Gasteiger partial charge in [-0.15, -0.1) is 0 Å². The first-order chi connectivity index (χ1) is 13.7. The molecule has 0 unspecified atom stereocenters. The van der Waals surface area contributed by atoms with E-state index in [2.05, 4.69) is 4.72 Å². The summed E-state index contributed by atoms with van der Waals surface area (Å²) in [6.07, 6.45) is -0.179. The minimum absolute atomic E-state index is 0.0473. The maximum atomic E-state index is 12.2. The number of aryl methyl sites for hydroxylation is 2. The van der Waals surface area contributed by atoms with E-state index in [9.17, 15) is 18.0 Å². The van der Waals surface area contributed by atoms with Crippen LogP contribution in [0.5, 0.6) is 5.75 Å². The van der Waals surface area contributed by atoms with Crippen LogP contribution in [0.4, 0.5) is 0 Å². The van der Waals surface area contributed by atoms with Crippen LogP contribution in [0.15, 0.2) is 56.6 Å². The molecule has 1 N–H and O–H groups in total. The normalized spacial score (nSPS) is 11.6. The van der Waals surface area contributed by atoms with E-state index in [4.69, 9.17) is 20.8 Å². The lowest BCUT2D eigenvalue weighted by Crippen LogP contribution is -2.27. The van der Waals surface area contributed by atoms with E-state index in [1.165, 1.54) is 30.3 Å². The van der Waals surface area contributed by atoms with E-state index in [0.717, 1.165) is 10.9 Å². The number of esters is 1. The van der Waals surface area contributed by atoms with Gasteiger partial charge in [0.1, 0.15) is 11.3 Å². The third-order valence-electron chi connectivity index (χ3n) is 4.29. The van der Waals surface area contributed by atoms with Crippen molar-refractivity contribution in [3.05, 3.63) is 69.0 Å². The quantitative estimate of drug-likeness (QED) is 0.362. The molecular formula is C20H18ClNO6S. The summed E-state index contributed by atoms with van der Waals surface area (Å²) in [4.78, 5) is 23.8. The monoisotopic (exact) mass is 435 g/mol. The van der Waals surface area contributed by atoms with Crippen LogP contribution < -0.4 is 15.1 Å². The van der Waals surface area contributed by atoms with E-state index < -0.39 is 21.6 Å². The number of carbonyl (C=O) groups excluding carboxylic acids is 1. The second-order valence-corrected chi connectivity index (χ2v) is 8.59. The number of halogens is 1. The molecule has 0 aliphatic heterocycles. The molecule has 0 aliphatic carbocycles. The molecule has 0 fully saturated rings.